The van der Waals surface area contributed by atoms with Crippen molar-refractivity contribution < 1.29 is 9.47 Å². The van der Waals surface area contributed by atoms with Crippen LogP contribution in [0.2, 0.25) is 0 Å². The Labute approximate surface area is 116 Å². The van der Waals surface area contributed by atoms with Crippen LogP contribution in [-0.2, 0) is 9.47 Å². The molecule has 0 aliphatic carbocycles. The SMILES string of the molecule is CCNC1CC2CCC(C1)N2CC1(OC)CCOC1. The molecule has 0 radical (unpaired) electrons. The Morgan fingerprint density at radius 3 is 2.58 bits per heavy atom. The summed E-state index contributed by atoms with van der Waals surface area (Å²) in [5.41, 5.74) is -0.0359. The minimum Gasteiger partial charge on any atom is -0.378 e. The Morgan fingerprint density at radius 1 is 1.32 bits per heavy atom. The Hall–Kier alpha value is -0.160. The highest BCUT2D eigenvalue weighted by atomic mass is 16.5. The van der Waals surface area contributed by atoms with Gasteiger partial charge in [-0.15, -0.1) is 0 Å². The fraction of sp³-hybridized carbons (Fsp3) is 1.00. The van der Waals surface area contributed by atoms with Crippen molar-refractivity contribution in [3.63, 3.8) is 0 Å². The lowest BCUT2D eigenvalue weighted by Gasteiger charge is -2.43. The average molecular weight is 268 g/mol. The van der Waals surface area contributed by atoms with Crippen LogP contribution >= 0.6 is 0 Å². The first kappa shape index (κ1) is 13.8. The zero-order valence-corrected chi connectivity index (χ0v) is 12.4. The summed E-state index contributed by atoms with van der Waals surface area (Å²) in [7, 11) is 1.85. The molecule has 19 heavy (non-hydrogen) atoms. The molecule has 3 rings (SSSR count). The van der Waals surface area contributed by atoms with Crippen LogP contribution in [0.4, 0.5) is 0 Å². The summed E-state index contributed by atoms with van der Waals surface area (Å²) in [6.45, 7) is 6.01. The summed E-state index contributed by atoms with van der Waals surface area (Å²) in [6.07, 6.45) is 6.41. The molecule has 4 nitrogen and oxygen atoms in total. The number of piperidine rings is 1. The fourth-order valence-corrected chi connectivity index (χ4v) is 4.26. The topological polar surface area (TPSA) is 33.7 Å². The molecule has 3 heterocycles. The van der Waals surface area contributed by atoms with Gasteiger partial charge in [-0.2, -0.15) is 0 Å². The second-order valence-electron chi connectivity index (χ2n) is 6.47. The number of rotatable bonds is 5. The highest BCUT2D eigenvalue weighted by Crippen LogP contribution is 2.38. The third-order valence-corrected chi connectivity index (χ3v) is 5.35. The quantitative estimate of drug-likeness (QED) is 0.817. The van der Waals surface area contributed by atoms with Crippen molar-refractivity contribution in [1.29, 1.82) is 0 Å². The molecule has 0 saturated carbocycles. The van der Waals surface area contributed by atoms with Crippen LogP contribution in [0.15, 0.2) is 0 Å². The maximum Gasteiger partial charge on any atom is 0.106 e. The Bertz CT molecular complexity index is 291. The van der Waals surface area contributed by atoms with Gasteiger partial charge in [0, 0.05) is 44.8 Å². The van der Waals surface area contributed by atoms with Crippen molar-refractivity contribution in [2.45, 2.75) is 62.8 Å². The third-order valence-electron chi connectivity index (χ3n) is 5.35. The van der Waals surface area contributed by atoms with E-state index in [1.807, 2.05) is 7.11 Å². The van der Waals surface area contributed by atoms with Gasteiger partial charge in [-0.3, -0.25) is 4.90 Å². The van der Waals surface area contributed by atoms with Crippen molar-refractivity contribution >= 4 is 0 Å². The van der Waals surface area contributed by atoms with Gasteiger partial charge >= 0.3 is 0 Å². The molecular formula is C15H28N2O2. The van der Waals surface area contributed by atoms with Crippen LogP contribution in [0.3, 0.4) is 0 Å². The Kier molecular flexibility index (Phi) is 4.13. The normalized spacial score (nSPS) is 42.9. The van der Waals surface area contributed by atoms with Crippen molar-refractivity contribution in [1.82, 2.24) is 10.2 Å². The largest absolute Gasteiger partial charge is 0.378 e. The number of nitrogens with zero attached hydrogens (tertiary/aromatic N) is 1. The van der Waals surface area contributed by atoms with Gasteiger partial charge in [0.15, 0.2) is 0 Å². The predicted octanol–water partition coefficient (Wildman–Crippen LogP) is 1.40. The van der Waals surface area contributed by atoms with Gasteiger partial charge in [-0.05, 0) is 32.2 Å². The van der Waals surface area contributed by atoms with E-state index in [1.54, 1.807) is 0 Å². The van der Waals surface area contributed by atoms with Crippen LogP contribution in [0.1, 0.15) is 39.0 Å². The van der Waals surface area contributed by atoms with Gasteiger partial charge in [-0.25, -0.2) is 0 Å². The molecule has 3 aliphatic rings. The van der Waals surface area contributed by atoms with Crippen LogP contribution in [-0.4, -0.2) is 62.0 Å². The summed E-state index contributed by atoms with van der Waals surface area (Å²) in [5.74, 6) is 0. The molecule has 0 spiro atoms. The summed E-state index contributed by atoms with van der Waals surface area (Å²) >= 11 is 0. The number of hydrogen-bond donors (Lipinski definition) is 1. The molecule has 4 heteroatoms. The lowest BCUT2D eigenvalue weighted by Crippen LogP contribution is -2.55. The lowest BCUT2D eigenvalue weighted by molar-refractivity contribution is -0.0577. The second-order valence-corrected chi connectivity index (χ2v) is 6.47. The third kappa shape index (κ3) is 2.68. The molecule has 0 aromatic carbocycles. The summed E-state index contributed by atoms with van der Waals surface area (Å²) in [5, 5.41) is 3.64. The van der Waals surface area contributed by atoms with Crippen molar-refractivity contribution in [2.24, 2.45) is 0 Å². The van der Waals surface area contributed by atoms with E-state index in [2.05, 4.69) is 17.1 Å². The Morgan fingerprint density at radius 2 is 2.05 bits per heavy atom. The molecular weight excluding hydrogens is 240 g/mol. The van der Waals surface area contributed by atoms with Gasteiger partial charge in [0.1, 0.15) is 5.60 Å². The molecule has 0 aromatic rings. The van der Waals surface area contributed by atoms with E-state index in [0.717, 1.165) is 50.8 Å². The zero-order valence-electron chi connectivity index (χ0n) is 12.4. The fourth-order valence-electron chi connectivity index (χ4n) is 4.26. The summed E-state index contributed by atoms with van der Waals surface area (Å²) < 4.78 is 11.4. The standard InChI is InChI=1S/C15H28N2O2/c1-3-16-12-8-13-4-5-14(9-12)17(13)10-15(18-2)6-7-19-11-15/h12-14,16H,3-11H2,1-2H3. The van der Waals surface area contributed by atoms with E-state index in [0.29, 0.717) is 0 Å². The van der Waals surface area contributed by atoms with Crippen LogP contribution in [0, 0.1) is 0 Å². The molecule has 110 valence electrons. The molecule has 3 saturated heterocycles. The molecule has 3 aliphatic heterocycles. The first-order chi connectivity index (χ1) is 9.26. The monoisotopic (exact) mass is 268 g/mol. The lowest BCUT2D eigenvalue weighted by atomic mass is 9.94. The smallest absolute Gasteiger partial charge is 0.106 e. The number of fused-ring (bicyclic) bond motifs is 2. The maximum atomic E-state index is 5.82. The van der Waals surface area contributed by atoms with Gasteiger partial charge in [0.2, 0.25) is 0 Å². The minimum absolute atomic E-state index is 0.0359. The summed E-state index contributed by atoms with van der Waals surface area (Å²) in [4.78, 5) is 2.73. The first-order valence-electron chi connectivity index (χ1n) is 7.88. The second kappa shape index (κ2) is 5.68. The van der Waals surface area contributed by atoms with E-state index < -0.39 is 0 Å². The van der Waals surface area contributed by atoms with Crippen molar-refractivity contribution in [2.75, 3.05) is 33.4 Å². The van der Waals surface area contributed by atoms with E-state index in [4.69, 9.17) is 9.47 Å². The van der Waals surface area contributed by atoms with Crippen LogP contribution in [0.5, 0.6) is 0 Å². The highest BCUT2D eigenvalue weighted by molar-refractivity contribution is 5.01. The molecule has 3 atom stereocenters. The molecule has 3 fully saturated rings. The van der Waals surface area contributed by atoms with E-state index in [1.165, 1.54) is 25.7 Å². The van der Waals surface area contributed by atoms with Crippen LogP contribution in [0.25, 0.3) is 0 Å². The number of methoxy groups -OCH3 is 1. The van der Waals surface area contributed by atoms with Crippen LogP contribution < -0.4 is 5.32 Å². The predicted molar refractivity (Wildman–Crippen MR) is 75.4 cm³/mol. The van der Waals surface area contributed by atoms with Crippen molar-refractivity contribution in [3.05, 3.63) is 0 Å². The minimum atomic E-state index is -0.0359. The zero-order chi connectivity index (χ0) is 13.3. The summed E-state index contributed by atoms with van der Waals surface area (Å²) in [6, 6.07) is 2.25. The molecule has 2 bridgehead atoms. The van der Waals surface area contributed by atoms with Crippen molar-refractivity contribution in [3.8, 4) is 0 Å². The molecule has 0 amide bonds. The number of nitrogens with one attached hydrogen (secondary N) is 1. The van der Waals surface area contributed by atoms with E-state index in [-0.39, 0.29) is 5.60 Å². The maximum absolute atomic E-state index is 5.82. The van der Waals surface area contributed by atoms with Gasteiger partial charge in [0.05, 0.1) is 6.61 Å². The number of ether oxygens (including phenoxy) is 2. The molecule has 3 unspecified atom stereocenters. The van der Waals surface area contributed by atoms with Gasteiger partial charge in [0.25, 0.3) is 0 Å². The van der Waals surface area contributed by atoms with E-state index in [9.17, 15) is 0 Å². The highest BCUT2D eigenvalue weighted by Gasteiger charge is 2.45. The van der Waals surface area contributed by atoms with Gasteiger partial charge in [-0.1, -0.05) is 6.92 Å². The first-order valence-corrected chi connectivity index (χ1v) is 7.88. The number of hydrogen-bond acceptors (Lipinski definition) is 4. The van der Waals surface area contributed by atoms with Gasteiger partial charge < -0.3 is 14.8 Å². The Balaban J connectivity index is 1.63. The molecule has 1 N–H and O–H groups in total. The molecule has 0 aromatic heterocycles. The average Bonchev–Trinajstić information content (AvgIpc) is 2.96. The van der Waals surface area contributed by atoms with E-state index >= 15 is 0 Å².